The Morgan fingerprint density at radius 1 is 1.12 bits per heavy atom. The van der Waals surface area contributed by atoms with Gasteiger partial charge in [0.2, 0.25) is 0 Å². The molecule has 0 atom stereocenters. The van der Waals surface area contributed by atoms with E-state index in [2.05, 4.69) is 15.1 Å². The third kappa shape index (κ3) is 1.50. The fourth-order valence-corrected chi connectivity index (χ4v) is 1.64. The monoisotopic (exact) mass is 210 g/mol. The van der Waals surface area contributed by atoms with Gasteiger partial charge in [0, 0.05) is 30.4 Å². The van der Waals surface area contributed by atoms with Crippen LogP contribution in [0.15, 0.2) is 55.1 Å². The topological polar surface area (TPSA) is 46.5 Å². The summed E-state index contributed by atoms with van der Waals surface area (Å²) in [6.45, 7) is 0. The van der Waals surface area contributed by atoms with Gasteiger partial charge in [-0.3, -0.25) is 0 Å². The number of benzene rings is 1. The Balaban J connectivity index is 2.07. The van der Waals surface area contributed by atoms with Gasteiger partial charge in [0.05, 0.1) is 5.69 Å². The van der Waals surface area contributed by atoms with E-state index >= 15 is 0 Å². The summed E-state index contributed by atoms with van der Waals surface area (Å²) in [5.74, 6) is 0.869. The van der Waals surface area contributed by atoms with Gasteiger partial charge in [0.1, 0.15) is 5.82 Å². The second-order valence-electron chi connectivity index (χ2n) is 3.44. The largest absolute Gasteiger partial charge is 0.345 e. The maximum Gasteiger partial charge on any atom is 0.137 e. The van der Waals surface area contributed by atoms with E-state index in [1.54, 1.807) is 12.4 Å². The summed E-state index contributed by atoms with van der Waals surface area (Å²) in [4.78, 5) is 7.31. The van der Waals surface area contributed by atoms with Crippen LogP contribution >= 0.6 is 0 Å². The Hall–Kier alpha value is -2.36. The molecule has 4 heteroatoms. The lowest BCUT2D eigenvalue weighted by Gasteiger charge is -2.03. The number of nitrogens with one attached hydrogen (secondary N) is 1. The van der Waals surface area contributed by atoms with Crippen LogP contribution < -0.4 is 0 Å². The first-order chi connectivity index (χ1) is 7.93. The molecule has 0 saturated heterocycles. The summed E-state index contributed by atoms with van der Waals surface area (Å²) < 4.78 is 1.83. The molecule has 0 bridgehead atoms. The maximum absolute atomic E-state index is 4.22. The number of rotatable bonds is 2. The van der Waals surface area contributed by atoms with Crippen molar-refractivity contribution in [3.8, 4) is 17.1 Å². The second kappa shape index (κ2) is 3.66. The van der Waals surface area contributed by atoms with Crippen molar-refractivity contribution < 1.29 is 0 Å². The van der Waals surface area contributed by atoms with Crippen LogP contribution in [0.25, 0.3) is 17.1 Å². The van der Waals surface area contributed by atoms with Gasteiger partial charge in [-0.05, 0) is 18.2 Å². The molecule has 0 fully saturated rings. The third-order valence-corrected chi connectivity index (χ3v) is 2.39. The molecule has 3 rings (SSSR count). The first-order valence-electron chi connectivity index (χ1n) is 5.03. The van der Waals surface area contributed by atoms with Crippen molar-refractivity contribution in [3.63, 3.8) is 0 Å². The van der Waals surface area contributed by atoms with Crippen LogP contribution in [0.3, 0.4) is 0 Å². The van der Waals surface area contributed by atoms with Crippen molar-refractivity contribution in [2.75, 3.05) is 0 Å². The lowest BCUT2D eigenvalue weighted by Crippen LogP contribution is -1.94. The summed E-state index contributed by atoms with van der Waals surface area (Å²) in [6, 6.07) is 9.98. The Bertz CT molecular complexity index is 517. The van der Waals surface area contributed by atoms with E-state index in [-0.39, 0.29) is 0 Å². The fraction of sp³-hybridized carbons (Fsp3) is 0. The Morgan fingerprint density at radius 2 is 2.12 bits per heavy atom. The van der Waals surface area contributed by atoms with Crippen molar-refractivity contribution in [1.82, 2.24) is 19.7 Å². The highest BCUT2D eigenvalue weighted by atomic mass is 15.3. The smallest absolute Gasteiger partial charge is 0.137 e. The zero-order valence-electron chi connectivity index (χ0n) is 8.54. The van der Waals surface area contributed by atoms with Crippen LogP contribution in [0, 0.1) is 0 Å². The molecule has 78 valence electrons. The summed E-state index contributed by atoms with van der Waals surface area (Å²) in [6.07, 6.45) is 7.24. The molecule has 0 amide bonds. The average Bonchev–Trinajstić information content (AvgIpc) is 3.03. The molecule has 0 aliphatic heterocycles. The Labute approximate surface area is 92.6 Å². The Morgan fingerprint density at radius 3 is 2.88 bits per heavy atom. The van der Waals surface area contributed by atoms with Gasteiger partial charge in [-0.2, -0.15) is 5.10 Å². The number of aromatic nitrogens is 4. The van der Waals surface area contributed by atoms with Crippen molar-refractivity contribution >= 4 is 0 Å². The van der Waals surface area contributed by atoms with Crippen LogP contribution in [0.4, 0.5) is 0 Å². The minimum absolute atomic E-state index is 0.869. The van der Waals surface area contributed by atoms with Gasteiger partial charge in [-0.1, -0.05) is 12.1 Å². The minimum Gasteiger partial charge on any atom is -0.345 e. The highest BCUT2D eigenvalue weighted by Crippen LogP contribution is 2.17. The summed E-state index contributed by atoms with van der Waals surface area (Å²) in [7, 11) is 0. The normalized spacial score (nSPS) is 10.5. The van der Waals surface area contributed by atoms with E-state index in [4.69, 9.17) is 0 Å². The van der Waals surface area contributed by atoms with Crippen LogP contribution in [-0.2, 0) is 0 Å². The number of hydrogen-bond acceptors (Lipinski definition) is 2. The molecule has 0 unspecified atom stereocenters. The molecule has 1 aromatic carbocycles. The molecule has 0 aliphatic rings. The molecule has 0 aliphatic carbocycles. The first kappa shape index (κ1) is 8.91. The predicted molar refractivity (Wildman–Crippen MR) is 61.1 cm³/mol. The molecule has 16 heavy (non-hydrogen) atoms. The Kier molecular flexibility index (Phi) is 2.04. The number of H-pyrrole nitrogens is 1. The van der Waals surface area contributed by atoms with E-state index in [9.17, 15) is 0 Å². The molecule has 3 aromatic rings. The molecular weight excluding hydrogens is 200 g/mol. The second-order valence-corrected chi connectivity index (χ2v) is 3.44. The van der Waals surface area contributed by atoms with Gasteiger partial charge in [-0.15, -0.1) is 0 Å². The van der Waals surface area contributed by atoms with E-state index in [1.165, 1.54) is 0 Å². The summed E-state index contributed by atoms with van der Waals surface area (Å²) >= 11 is 0. The van der Waals surface area contributed by atoms with Gasteiger partial charge in [-0.25, -0.2) is 9.67 Å². The molecule has 0 spiro atoms. The van der Waals surface area contributed by atoms with Crippen molar-refractivity contribution in [2.45, 2.75) is 0 Å². The highest BCUT2D eigenvalue weighted by Gasteiger charge is 2.01. The molecular formula is C12H10N4. The predicted octanol–water partition coefficient (Wildman–Crippen LogP) is 2.26. The van der Waals surface area contributed by atoms with Crippen LogP contribution in [0.5, 0.6) is 0 Å². The van der Waals surface area contributed by atoms with E-state index in [1.807, 2.05) is 47.4 Å². The summed E-state index contributed by atoms with van der Waals surface area (Å²) in [5.41, 5.74) is 2.08. The molecule has 2 heterocycles. The number of nitrogens with zero attached hydrogens (tertiary/aromatic N) is 3. The van der Waals surface area contributed by atoms with Crippen molar-refractivity contribution in [3.05, 3.63) is 55.1 Å². The number of aromatic amines is 1. The van der Waals surface area contributed by atoms with Gasteiger partial charge >= 0.3 is 0 Å². The molecule has 2 aromatic heterocycles. The maximum atomic E-state index is 4.22. The SMILES string of the molecule is c1cc(-c2ncc[nH]2)cc(-n2cccn2)c1. The van der Waals surface area contributed by atoms with Crippen LogP contribution in [0.2, 0.25) is 0 Å². The van der Waals surface area contributed by atoms with E-state index < -0.39 is 0 Å². The minimum atomic E-state index is 0.869. The third-order valence-electron chi connectivity index (χ3n) is 2.39. The average molecular weight is 210 g/mol. The van der Waals surface area contributed by atoms with E-state index in [0.29, 0.717) is 0 Å². The highest BCUT2D eigenvalue weighted by molar-refractivity contribution is 5.58. The van der Waals surface area contributed by atoms with Gasteiger partial charge in [0.25, 0.3) is 0 Å². The zero-order valence-corrected chi connectivity index (χ0v) is 8.54. The van der Waals surface area contributed by atoms with E-state index in [0.717, 1.165) is 17.1 Å². The fourth-order valence-electron chi connectivity index (χ4n) is 1.64. The zero-order chi connectivity index (χ0) is 10.8. The lowest BCUT2D eigenvalue weighted by atomic mass is 10.2. The molecule has 0 radical (unpaired) electrons. The van der Waals surface area contributed by atoms with Crippen molar-refractivity contribution in [1.29, 1.82) is 0 Å². The lowest BCUT2D eigenvalue weighted by molar-refractivity contribution is 0.880. The van der Waals surface area contributed by atoms with Gasteiger partial charge in [0.15, 0.2) is 0 Å². The van der Waals surface area contributed by atoms with Crippen LogP contribution in [0.1, 0.15) is 0 Å². The molecule has 4 nitrogen and oxygen atoms in total. The van der Waals surface area contributed by atoms with Gasteiger partial charge < -0.3 is 4.98 Å². The van der Waals surface area contributed by atoms with Crippen LogP contribution in [-0.4, -0.2) is 19.7 Å². The standard InChI is InChI=1S/C12H10N4/c1-3-10(12-13-6-7-14-12)9-11(4-1)16-8-2-5-15-16/h1-9H,(H,13,14). The number of imidazole rings is 1. The summed E-state index contributed by atoms with van der Waals surface area (Å²) in [5, 5.41) is 4.19. The molecule has 0 saturated carbocycles. The first-order valence-corrected chi connectivity index (χ1v) is 5.03. The number of hydrogen-bond donors (Lipinski definition) is 1. The molecule has 1 N–H and O–H groups in total. The quantitative estimate of drug-likeness (QED) is 0.705. The van der Waals surface area contributed by atoms with Crippen molar-refractivity contribution in [2.24, 2.45) is 0 Å².